The van der Waals surface area contributed by atoms with Crippen molar-refractivity contribution in [3.63, 3.8) is 0 Å². The first kappa shape index (κ1) is 21.8. The summed E-state index contributed by atoms with van der Waals surface area (Å²) >= 11 is 0. The van der Waals surface area contributed by atoms with Crippen LogP contribution in [0.2, 0.25) is 0 Å². The van der Waals surface area contributed by atoms with Crippen LogP contribution in [0.5, 0.6) is 0 Å². The maximum Gasteiger partial charge on any atom is 0.261 e. The van der Waals surface area contributed by atoms with Crippen molar-refractivity contribution >= 4 is 17.8 Å². The molecule has 2 rings (SSSR count). The Kier molecular flexibility index (Phi) is 9.44. The molecule has 1 aromatic carbocycles. The Morgan fingerprint density at radius 2 is 1.61 bits per heavy atom. The van der Waals surface area contributed by atoms with Gasteiger partial charge in [-0.25, -0.2) is 0 Å². The van der Waals surface area contributed by atoms with Gasteiger partial charge in [-0.1, -0.05) is 12.1 Å². The molecule has 1 heterocycles. The van der Waals surface area contributed by atoms with E-state index >= 15 is 0 Å². The molecule has 1 aromatic rings. The number of hydrogen-bond donors (Lipinski definition) is 2. The molecule has 0 aromatic heterocycles. The minimum Gasteiger partial charge on any atom is -0.382 e. The summed E-state index contributed by atoms with van der Waals surface area (Å²) in [4.78, 5) is 30.1. The van der Waals surface area contributed by atoms with E-state index in [1.54, 1.807) is 38.4 Å². The molecule has 0 spiro atoms. The quantitative estimate of drug-likeness (QED) is 0.242. The van der Waals surface area contributed by atoms with Crippen LogP contribution in [-0.2, 0) is 9.47 Å². The zero-order valence-corrected chi connectivity index (χ0v) is 16.7. The molecule has 1 aliphatic heterocycles. The van der Waals surface area contributed by atoms with Gasteiger partial charge in [0.2, 0.25) is 0 Å². The van der Waals surface area contributed by atoms with Crippen LogP contribution in [-0.4, -0.2) is 76.3 Å². The number of carbonyl (C=O) groups is 2. The first-order valence-electron chi connectivity index (χ1n) is 9.65. The number of rotatable bonds is 12. The van der Waals surface area contributed by atoms with Crippen molar-refractivity contribution in [2.75, 3.05) is 53.6 Å². The highest BCUT2D eigenvalue weighted by Gasteiger charge is 2.34. The summed E-state index contributed by atoms with van der Waals surface area (Å²) < 4.78 is 10.3. The second-order valence-corrected chi connectivity index (χ2v) is 6.40. The number of amides is 2. The summed E-state index contributed by atoms with van der Waals surface area (Å²) in [5.74, 6) is 0.343. The number of imide groups is 1. The summed E-state index contributed by atoms with van der Waals surface area (Å²) in [6, 6.07) is 6.97. The molecular formula is C20H30N4O4. The Balaban J connectivity index is 1.57. The normalized spacial score (nSPS) is 13.8. The average molecular weight is 390 g/mol. The molecule has 0 aliphatic carbocycles. The van der Waals surface area contributed by atoms with Crippen LogP contribution in [0.4, 0.5) is 0 Å². The highest BCUT2D eigenvalue weighted by molar-refractivity contribution is 6.21. The van der Waals surface area contributed by atoms with Gasteiger partial charge in [-0.05, 0) is 31.4 Å². The van der Waals surface area contributed by atoms with Gasteiger partial charge in [0.25, 0.3) is 11.8 Å². The van der Waals surface area contributed by atoms with Crippen LogP contribution in [0.3, 0.4) is 0 Å². The van der Waals surface area contributed by atoms with Crippen LogP contribution >= 0.6 is 0 Å². The topological polar surface area (TPSA) is 92.3 Å². The zero-order valence-electron chi connectivity index (χ0n) is 16.7. The van der Waals surface area contributed by atoms with Crippen LogP contribution in [0.1, 0.15) is 40.0 Å². The highest BCUT2D eigenvalue weighted by atomic mass is 16.5. The van der Waals surface area contributed by atoms with E-state index in [0.29, 0.717) is 44.0 Å². The molecule has 0 fully saturated rings. The summed E-state index contributed by atoms with van der Waals surface area (Å²) in [5.41, 5.74) is 1.00. The lowest BCUT2D eigenvalue weighted by molar-refractivity contribution is 0.0651. The van der Waals surface area contributed by atoms with Crippen molar-refractivity contribution in [1.82, 2.24) is 15.5 Å². The third-order valence-corrected chi connectivity index (χ3v) is 4.39. The highest BCUT2D eigenvalue weighted by Crippen LogP contribution is 2.22. The number of fused-ring (bicyclic) bond motifs is 1. The fraction of sp³-hybridized carbons (Fsp3) is 0.550. The largest absolute Gasteiger partial charge is 0.382 e. The van der Waals surface area contributed by atoms with E-state index < -0.39 is 0 Å². The van der Waals surface area contributed by atoms with E-state index in [1.807, 2.05) is 0 Å². The van der Waals surface area contributed by atoms with Gasteiger partial charge in [0.15, 0.2) is 5.96 Å². The third kappa shape index (κ3) is 6.31. The maximum absolute atomic E-state index is 12.3. The average Bonchev–Trinajstić information content (AvgIpc) is 2.96. The zero-order chi connectivity index (χ0) is 20.2. The summed E-state index contributed by atoms with van der Waals surface area (Å²) in [7, 11) is 3.38. The number of ether oxygens (including phenoxy) is 2. The van der Waals surface area contributed by atoms with Gasteiger partial charge >= 0.3 is 0 Å². The van der Waals surface area contributed by atoms with E-state index in [9.17, 15) is 9.59 Å². The molecule has 0 saturated carbocycles. The van der Waals surface area contributed by atoms with Gasteiger partial charge in [0.05, 0.1) is 24.3 Å². The third-order valence-electron chi connectivity index (χ3n) is 4.39. The summed E-state index contributed by atoms with van der Waals surface area (Å²) in [6.45, 7) is 3.80. The number of nitrogens with zero attached hydrogens (tertiary/aromatic N) is 2. The van der Waals surface area contributed by atoms with Crippen molar-refractivity contribution in [3.05, 3.63) is 35.4 Å². The van der Waals surface area contributed by atoms with Gasteiger partial charge < -0.3 is 20.1 Å². The lowest BCUT2D eigenvalue weighted by Gasteiger charge is -2.15. The van der Waals surface area contributed by atoms with Gasteiger partial charge in [-0.15, -0.1) is 0 Å². The van der Waals surface area contributed by atoms with E-state index in [4.69, 9.17) is 9.47 Å². The number of guanidine groups is 1. The molecule has 2 N–H and O–H groups in total. The summed E-state index contributed by atoms with van der Waals surface area (Å²) in [6.07, 6.45) is 2.45. The number of aliphatic imine (C=N–C) groups is 1. The Labute approximate surface area is 166 Å². The SMILES string of the molecule is CN=C(NCCCCN1C(=O)c2ccccc2C1=O)NCCCOCCOC. The molecule has 0 bridgehead atoms. The Morgan fingerprint density at radius 1 is 0.964 bits per heavy atom. The van der Waals surface area contributed by atoms with Crippen molar-refractivity contribution in [3.8, 4) is 0 Å². The van der Waals surface area contributed by atoms with Crippen LogP contribution in [0.25, 0.3) is 0 Å². The minimum absolute atomic E-state index is 0.196. The van der Waals surface area contributed by atoms with Crippen molar-refractivity contribution < 1.29 is 19.1 Å². The Hall–Kier alpha value is -2.45. The molecule has 0 radical (unpaired) electrons. The molecule has 8 nitrogen and oxygen atoms in total. The standard InChI is InChI=1S/C20H30N4O4/c1-21-20(23-11-7-13-28-15-14-27-2)22-10-5-6-12-24-18(25)16-8-3-4-9-17(16)19(24)26/h3-4,8-9H,5-7,10-15H2,1-2H3,(H2,21,22,23). The van der Waals surface area contributed by atoms with Gasteiger partial charge in [0.1, 0.15) is 0 Å². The fourth-order valence-electron chi connectivity index (χ4n) is 2.89. The molecule has 0 atom stereocenters. The molecule has 0 unspecified atom stereocenters. The van der Waals surface area contributed by atoms with Gasteiger partial charge in [-0.2, -0.15) is 0 Å². The molecular weight excluding hydrogens is 360 g/mol. The molecule has 2 amide bonds. The first-order valence-corrected chi connectivity index (χ1v) is 9.65. The van der Waals surface area contributed by atoms with Gasteiger partial charge in [0, 0.05) is 40.4 Å². The van der Waals surface area contributed by atoms with Crippen molar-refractivity contribution in [2.45, 2.75) is 19.3 Å². The van der Waals surface area contributed by atoms with Crippen molar-refractivity contribution in [1.29, 1.82) is 0 Å². The lowest BCUT2D eigenvalue weighted by atomic mass is 10.1. The van der Waals surface area contributed by atoms with Gasteiger partial charge in [-0.3, -0.25) is 19.5 Å². The Bertz CT molecular complexity index is 643. The molecule has 1 aliphatic rings. The molecule has 0 saturated heterocycles. The minimum atomic E-state index is -0.196. The molecule has 154 valence electrons. The van der Waals surface area contributed by atoms with E-state index in [0.717, 1.165) is 31.8 Å². The van der Waals surface area contributed by atoms with Crippen LogP contribution in [0.15, 0.2) is 29.3 Å². The summed E-state index contributed by atoms with van der Waals surface area (Å²) in [5, 5.41) is 6.46. The smallest absolute Gasteiger partial charge is 0.261 e. The number of carbonyl (C=O) groups excluding carboxylic acids is 2. The van der Waals surface area contributed by atoms with E-state index in [-0.39, 0.29) is 11.8 Å². The number of hydrogen-bond acceptors (Lipinski definition) is 5. The van der Waals surface area contributed by atoms with Crippen LogP contribution < -0.4 is 10.6 Å². The second-order valence-electron chi connectivity index (χ2n) is 6.40. The van der Waals surface area contributed by atoms with Crippen molar-refractivity contribution in [2.24, 2.45) is 4.99 Å². The number of benzene rings is 1. The first-order chi connectivity index (χ1) is 13.7. The predicted molar refractivity (Wildman–Crippen MR) is 108 cm³/mol. The fourth-order valence-corrected chi connectivity index (χ4v) is 2.89. The number of methoxy groups -OCH3 is 1. The number of unbranched alkanes of at least 4 members (excludes halogenated alkanes) is 1. The lowest BCUT2D eigenvalue weighted by Crippen LogP contribution is -2.38. The second kappa shape index (κ2) is 12.1. The monoisotopic (exact) mass is 390 g/mol. The maximum atomic E-state index is 12.3. The number of nitrogens with one attached hydrogen (secondary N) is 2. The van der Waals surface area contributed by atoms with E-state index in [1.165, 1.54) is 4.90 Å². The Morgan fingerprint density at radius 3 is 2.21 bits per heavy atom. The molecule has 8 heteroatoms. The van der Waals surface area contributed by atoms with E-state index in [2.05, 4.69) is 15.6 Å². The predicted octanol–water partition coefficient (Wildman–Crippen LogP) is 1.28. The van der Waals surface area contributed by atoms with Crippen LogP contribution in [0, 0.1) is 0 Å². The molecule has 28 heavy (non-hydrogen) atoms.